The molecule has 14 N–H and O–H groups in total. The Morgan fingerprint density at radius 2 is 1.12 bits per heavy atom. The summed E-state index contributed by atoms with van der Waals surface area (Å²) >= 11 is 0. The van der Waals surface area contributed by atoms with Gasteiger partial charge in [0, 0.05) is 0 Å². The molecule has 34 atom stereocenters. The summed E-state index contributed by atoms with van der Waals surface area (Å²) in [4.78, 5) is 15.2. The second-order valence-corrected chi connectivity index (χ2v) is 28.1. The van der Waals surface area contributed by atoms with E-state index < -0.39 is 177 Å². The number of ether oxygens (including phenoxy) is 10. The number of esters is 1. The first-order valence-corrected chi connectivity index (χ1v) is 30.5. The highest BCUT2D eigenvalue weighted by Gasteiger charge is 2.73. The minimum atomic E-state index is -1.89. The molecule has 5 saturated carbocycles. The number of carbonyl (C=O) groups excluding carboxylic acids is 1. The molecular weight excluding hydrogens is 1110 g/mol. The molecule has 25 heteroatoms. The summed E-state index contributed by atoms with van der Waals surface area (Å²) in [5.41, 5.74) is -1.03. The van der Waals surface area contributed by atoms with Crippen LogP contribution >= 0.6 is 0 Å². The van der Waals surface area contributed by atoms with Crippen molar-refractivity contribution < 1.29 is 124 Å². The van der Waals surface area contributed by atoms with Crippen LogP contribution in [-0.2, 0) is 52.2 Å². The highest BCUT2D eigenvalue weighted by molar-refractivity contribution is 5.78. The number of hydrogen-bond donors (Lipinski definition) is 14. The normalized spacial score (nSPS) is 55.6. The van der Waals surface area contributed by atoms with Gasteiger partial charge in [-0.05, 0) is 136 Å². The van der Waals surface area contributed by atoms with Gasteiger partial charge in [-0.1, -0.05) is 46.8 Å². The van der Waals surface area contributed by atoms with Crippen molar-refractivity contribution in [3.63, 3.8) is 0 Å². The lowest BCUT2D eigenvalue weighted by Gasteiger charge is -2.73. The SMILES string of the molecule is C=C(C)[C@H]1CC[C@@]2(C(=O)O[C@H]3O[C@@H](CO[C@H]4O[C@@H](CO)[C@H](O[C@H]5O[C@H](C)[C@@H](O)[C@H](O)[C@@H]5O)[C@@H](O)[C@@H]4O)[C@H](O)[C@@H](O)[C@@H]3O)CC[C@@]3(C)[C@@H](CC[C@H]4[C@]5(C)CC[C@@H](O[C@H]6OC[C@@H](O)[C@@H](O)[C@@H]6O[C@H]6O[C@H](C)[C@@H](O)[C@H](O)[C@@H]6O)C(C)(C)[C@H]5CC[C@@]43C)[C@H]12. The molecule has 84 heavy (non-hydrogen) atoms. The number of fused-ring (bicyclic) bond motifs is 7. The van der Waals surface area contributed by atoms with Gasteiger partial charge in [0.05, 0.1) is 43.5 Å². The van der Waals surface area contributed by atoms with Gasteiger partial charge in [0.1, 0.15) is 104 Å². The predicted molar refractivity (Wildman–Crippen MR) is 287 cm³/mol. The van der Waals surface area contributed by atoms with Gasteiger partial charge >= 0.3 is 5.97 Å². The van der Waals surface area contributed by atoms with Crippen molar-refractivity contribution in [2.75, 3.05) is 19.8 Å². The van der Waals surface area contributed by atoms with Crippen LogP contribution in [0, 0.1) is 56.7 Å². The van der Waals surface area contributed by atoms with Crippen LogP contribution in [0.1, 0.15) is 120 Å². The van der Waals surface area contributed by atoms with Crippen molar-refractivity contribution in [3.8, 4) is 0 Å². The second-order valence-electron chi connectivity index (χ2n) is 28.1. The van der Waals surface area contributed by atoms with Crippen LogP contribution < -0.4 is 0 Å². The van der Waals surface area contributed by atoms with E-state index >= 15 is 4.79 Å². The molecule has 5 aliphatic carbocycles. The highest BCUT2D eigenvalue weighted by atomic mass is 16.8. The maximum atomic E-state index is 15.2. The van der Waals surface area contributed by atoms with Crippen molar-refractivity contribution in [1.29, 1.82) is 0 Å². The molecule has 5 saturated heterocycles. The molecule has 0 aromatic heterocycles. The summed E-state index contributed by atoms with van der Waals surface area (Å²) in [6, 6.07) is 0. The minimum absolute atomic E-state index is 0.0256. The maximum Gasteiger partial charge on any atom is 0.314 e. The Morgan fingerprint density at radius 3 is 1.74 bits per heavy atom. The zero-order valence-electron chi connectivity index (χ0n) is 49.5. The molecule has 0 aromatic carbocycles. The van der Waals surface area contributed by atoms with Crippen LogP contribution in [0.5, 0.6) is 0 Å². The third kappa shape index (κ3) is 10.7. The molecule has 0 aromatic rings. The van der Waals surface area contributed by atoms with Gasteiger partial charge in [-0.2, -0.15) is 0 Å². The molecule has 0 radical (unpaired) electrons. The zero-order chi connectivity index (χ0) is 61.2. The van der Waals surface area contributed by atoms with E-state index in [2.05, 4.69) is 41.2 Å². The fourth-order valence-corrected chi connectivity index (χ4v) is 18.4. The lowest BCUT2D eigenvalue weighted by Crippen LogP contribution is -2.68. The summed E-state index contributed by atoms with van der Waals surface area (Å²) in [6.07, 6.45) is -29.9. The van der Waals surface area contributed by atoms with Crippen LogP contribution in [0.3, 0.4) is 0 Å². The quantitative estimate of drug-likeness (QED) is 0.0557. The van der Waals surface area contributed by atoms with E-state index in [4.69, 9.17) is 47.4 Å². The lowest BCUT2D eigenvalue weighted by atomic mass is 9.32. The number of carbonyl (C=O) groups is 1. The molecule has 5 heterocycles. The van der Waals surface area contributed by atoms with E-state index in [0.29, 0.717) is 32.1 Å². The van der Waals surface area contributed by atoms with Crippen LogP contribution in [0.2, 0.25) is 0 Å². The number of rotatable bonds is 13. The smallest absolute Gasteiger partial charge is 0.314 e. The monoisotopic (exact) mass is 1200 g/mol. The summed E-state index contributed by atoms with van der Waals surface area (Å²) in [5, 5.41) is 151. The number of aliphatic hydroxyl groups excluding tert-OH is 14. The maximum absolute atomic E-state index is 15.2. The van der Waals surface area contributed by atoms with Gasteiger partial charge in [-0.3, -0.25) is 4.79 Å². The van der Waals surface area contributed by atoms with Gasteiger partial charge < -0.3 is 119 Å². The summed E-state index contributed by atoms with van der Waals surface area (Å²) < 4.78 is 59.6. The molecule has 10 rings (SSSR count). The van der Waals surface area contributed by atoms with Crippen LogP contribution in [0.25, 0.3) is 0 Å². The fraction of sp³-hybridized carbons (Fsp3) is 0.949. The van der Waals surface area contributed by atoms with E-state index in [1.807, 2.05) is 6.92 Å². The number of allylic oxidation sites excluding steroid dienone is 1. The number of hydrogen-bond acceptors (Lipinski definition) is 25. The molecule has 5 aliphatic heterocycles. The third-order valence-electron chi connectivity index (χ3n) is 23.5. The molecular formula is C59H96O25. The Labute approximate surface area is 490 Å². The Kier molecular flexibility index (Phi) is 18.8. The van der Waals surface area contributed by atoms with Crippen LogP contribution in [0.4, 0.5) is 0 Å². The first kappa shape index (κ1) is 65.2. The molecule has 0 bridgehead atoms. The molecule has 25 nitrogen and oxygen atoms in total. The van der Waals surface area contributed by atoms with Crippen molar-refractivity contribution >= 4 is 5.97 Å². The molecule has 10 aliphatic rings. The Morgan fingerprint density at radius 1 is 0.536 bits per heavy atom. The number of aliphatic hydroxyl groups is 14. The Hall–Kier alpha value is -1.71. The van der Waals surface area contributed by atoms with Crippen LogP contribution in [-0.4, -0.2) is 251 Å². The Balaban J connectivity index is 0.812. The molecule has 0 unspecified atom stereocenters. The lowest BCUT2D eigenvalue weighted by molar-refractivity contribution is -0.365. The van der Waals surface area contributed by atoms with Gasteiger partial charge in [-0.15, -0.1) is 0 Å². The topological polar surface area (TPSA) is 393 Å². The minimum Gasteiger partial charge on any atom is -0.432 e. The van der Waals surface area contributed by atoms with Crippen LogP contribution in [0.15, 0.2) is 12.2 Å². The molecule has 0 spiro atoms. The third-order valence-corrected chi connectivity index (χ3v) is 23.5. The van der Waals surface area contributed by atoms with Gasteiger partial charge in [0.2, 0.25) is 6.29 Å². The average Bonchev–Trinajstić information content (AvgIpc) is 1.04. The summed E-state index contributed by atoms with van der Waals surface area (Å²) in [6.45, 7) is 19.5. The predicted octanol–water partition coefficient (Wildman–Crippen LogP) is -1.66. The Bertz CT molecular complexity index is 2320. The highest BCUT2D eigenvalue weighted by Crippen LogP contribution is 2.78. The largest absolute Gasteiger partial charge is 0.432 e. The second kappa shape index (κ2) is 24.2. The molecule has 10 fully saturated rings. The first-order chi connectivity index (χ1) is 39.4. The van der Waals surface area contributed by atoms with Crippen molar-refractivity contribution in [3.05, 3.63) is 12.2 Å². The van der Waals surface area contributed by atoms with Crippen molar-refractivity contribution in [1.82, 2.24) is 0 Å². The van der Waals surface area contributed by atoms with Gasteiger partial charge in [0.15, 0.2) is 25.2 Å². The fourth-order valence-electron chi connectivity index (χ4n) is 18.4. The van der Waals surface area contributed by atoms with Crippen molar-refractivity contribution in [2.45, 2.75) is 273 Å². The summed E-state index contributed by atoms with van der Waals surface area (Å²) in [7, 11) is 0. The average molecular weight is 1210 g/mol. The van der Waals surface area contributed by atoms with Crippen molar-refractivity contribution in [2.24, 2.45) is 56.7 Å². The molecule has 482 valence electrons. The van der Waals surface area contributed by atoms with E-state index in [9.17, 15) is 71.5 Å². The van der Waals surface area contributed by atoms with E-state index in [0.717, 1.165) is 37.7 Å². The van der Waals surface area contributed by atoms with Gasteiger partial charge in [-0.25, -0.2) is 0 Å². The standard InChI is InChI=1S/C59H96O25/c1-23(2)26-12-17-59(54(74)84-52-45(72)41(68)38(65)30(80-52)22-76-49-46(73)42(69)47(29(20-60)79-49)82-50-43(70)39(66)35(62)24(3)77-50)19-18-57(8)27(34(26)59)10-11-32-56(7)15-14-33(55(5,6)31(56)13-16-58(32,57)9)81-53-48(37(64)28(61)21-75-53)83-51-44(71)40(67)36(63)25(4)78-51/h24-53,60-73H,1,10-22H2,2-9H3/t24-,25-,26-,27+,28-,29+,30+,31-,32+,33-,34+,35-,36-,37-,38+,39+,40+,41-,42+,43+,44+,45+,46+,47+,48+,49+,50-,51-,52-,53-,56-,57+,58+,59-/m1/s1. The van der Waals surface area contributed by atoms with E-state index in [1.54, 1.807) is 0 Å². The molecule has 0 amide bonds. The van der Waals surface area contributed by atoms with Gasteiger partial charge in [0.25, 0.3) is 0 Å². The van der Waals surface area contributed by atoms with E-state index in [1.165, 1.54) is 13.8 Å². The van der Waals surface area contributed by atoms with E-state index in [-0.39, 0.29) is 58.5 Å². The summed E-state index contributed by atoms with van der Waals surface area (Å²) in [5.74, 6) is -0.265. The first-order valence-electron chi connectivity index (χ1n) is 30.5. The zero-order valence-corrected chi connectivity index (χ0v) is 49.5.